The summed E-state index contributed by atoms with van der Waals surface area (Å²) in [5.41, 5.74) is 7.43. The minimum absolute atomic E-state index is 0.0202. The third kappa shape index (κ3) is 5.82. The van der Waals surface area contributed by atoms with Gasteiger partial charge in [-0.25, -0.2) is 13.4 Å². The largest absolute Gasteiger partial charge is 0.495 e. The maximum absolute atomic E-state index is 14.6. The van der Waals surface area contributed by atoms with E-state index in [-0.39, 0.29) is 29.2 Å². The minimum Gasteiger partial charge on any atom is -0.495 e. The summed E-state index contributed by atoms with van der Waals surface area (Å²) in [4.78, 5) is 32.6. The number of pyridine rings is 1. The molecule has 0 saturated carbocycles. The topological polar surface area (TPSA) is 152 Å². The van der Waals surface area contributed by atoms with E-state index in [4.69, 9.17) is 22.1 Å². The van der Waals surface area contributed by atoms with Crippen molar-refractivity contribution in [1.29, 1.82) is 0 Å². The summed E-state index contributed by atoms with van der Waals surface area (Å²) < 4.78 is 31.5. The number of aliphatic carboxylic acids is 1. The normalized spacial score (nSPS) is 17.5. The second-order valence-corrected chi connectivity index (χ2v) is 12.9. The smallest absolute Gasteiger partial charge is 0.309 e. The Bertz CT molecular complexity index is 1820. The van der Waals surface area contributed by atoms with Crippen LogP contribution in [0.1, 0.15) is 36.6 Å². The van der Waals surface area contributed by atoms with Crippen molar-refractivity contribution in [2.45, 2.75) is 30.3 Å². The predicted octanol–water partition coefficient (Wildman–Crippen LogP) is 5.10. The molecule has 0 radical (unpaired) electrons. The lowest BCUT2D eigenvalue weighted by Crippen LogP contribution is -2.39. The number of likely N-dealkylation sites (tertiary alicyclic amines) is 1. The number of carbonyl (C=O) groups excluding carboxylic acids is 1. The monoisotopic (exact) mass is 622 g/mol. The number of methoxy groups -OCH3 is 1. The number of benzene rings is 3. The van der Waals surface area contributed by atoms with E-state index in [1.165, 1.54) is 25.0 Å². The zero-order valence-electron chi connectivity index (χ0n) is 23.5. The van der Waals surface area contributed by atoms with Crippen molar-refractivity contribution in [2.75, 3.05) is 30.5 Å². The average molecular weight is 623 g/mol. The first-order valence-corrected chi connectivity index (χ1v) is 15.7. The maximum Gasteiger partial charge on any atom is 0.309 e. The average Bonchev–Trinajstić information content (AvgIpc) is 3.46. The molecule has 2 heterocycles. The van der Waals surface area contributed by atoms with Crippen molar-refractivity contribution >= 4 is 55.6 Å². The van der Waals surface area contributed by atoms with Crippen LogP contribution in [0.15, 0.2) is 77.8 Å². The molecule has 1 saturated heterocycles. The molecular formula is C31H31ClN4O6S. The number of rotatable bonds is 9. The van der Waals surface area contributed by atoms with Gasteiger partial charge >= 0.3 is 5.97 Å². The van der Waals surface area contributed by atoms with Gasteiger partial charge in [-0.2, -0.15) is 0 Å². The van der Waals surface area contributed by atoms with Crippen LogP contribution in [0.5, 0.6) is 5.75 Å². The fourth-order valence-electron chi connectivity index (χ4n) is 5.61. The Morgan fingerprint density at radius 3 is 2.65 bits per heavy atom. The minimum atomic E-state index is -3.72. The second-order valence-electron chi connectivity index (χ2n) is 10.3. The van der Waals surface area contributed by atoms with E-state index in [2.05, 4.69) is 10.3 Å². The van der Waals surface area contributed by atoms with Crippen molar-refractivity contribution in [3.63, 3.8) is 0 Å². The summed E-state index contributed by atoms with van der Waals surface area (Å²) in [6, 6.07) is 16.5. The van der Waals surface area contributed by atoms with Crippen LogP contribution < -0.4 is 15.8 Å². The van der Waals surface area contributed by atoms with Crippen LogP contribution in [0, 0.1) is 5.92 Å². The lowest BCUT2D eigenvalue weighted by molar-refractivity contribution is -0.143. The Hall–Kier alpha value is -4.35. The number of nitrogens with one attached hydrogen (secondary N) is 1. The number of carboxylic acid groups (broad SMARTS) is 1. The van der Waals surface area contributed by atoms with Crippen LogP contribution in [-0.2, 0) is 19.4 Å². The van der Waals surface area contributed by atoms with Crippen LogP contribution in [0.25, 0.3) is 10.8 Å². The highest BCUT2D eigenvalue weighted by atomic mass is 35.5. The van der Waals surface area contributed by atoms with Gasteiger partial charge in [-0.1, -0.05) is 42.8 Å². The van der Waals surface area contributed by atoms with Gasteiger partial charge in [0.1, 0.15) is 17.6 Å². The molecule has 43 heavy (non-hydrogen) atoms. The molecule has 10 nitrogen and oxygen atoms in total. The number of ether oxygens (including phenoxy) is 1. The molecule has 1 amide bonds. The third-order valence-electron chi connectivity index (χ3n) is 7.81. The molecule has 4 aromatic rings. The molecule has 1 aromatic heterocycles. The molecule has 0 bridgehead atoms. The van der Waals surface area contributed by atoms with Crippen LogP contribution >= 0.6 is 11.6 Å². The number of hydrogen-bond donors (Lipinski definition) is 3. The molecule has 1 aliphatic heterocycles. The fourth-order valence-corrected chi connectivity index (χ4v) is 6.95. The van der Waals surface area contributed by atoms with Gasteiger partial charge < -0.3 is 25.8 Å². The quantitative estimate of drug-likeness (QED) is 0.231. The highest BCUT2D eigenvalue weighted by Gasteiger charge is 2.45. The van der Waals surface area contributed by atoms with E-state index in [1.807, 2.05) is 6.07 Å². The third-order valence-corrected chi connectivity index (χ3v) is 9.93. The maximum atomic E-state index is 14.6. The van der Waals surface area contributed by atoms with Gasteiger partial charge in [-0.05, 0) is 65.4 Å². The number of fused-ring (bicyclic) bond motifs is 1. The molecule has 1 fully saturated rings. The summed E-state index contributed by atoms with van der Waals surface area (Å²) in [5.74, 6) is -1.98. The number of halogens is 1. The molecule has 12 heteroatoms. The number of carbonyl (C=O) groups is 2. The molecule has 0 aliphatic carbocycles. The number of nitrogen functional groups attached to an aromatic ring is 1. The SMILES string of the molecule is CCS(=O)(=O)c1ccccc1[C@H]1[C@@H](C(=O)O)CCN1C(=O)C(Nc1ccc2c(N)nccc2c1)c1ccc(Cl)c(OC)c1. The van der Waals surface area contributed by atoms with Crippen LogP contribution in [0.2, 0.25) is 5.02 Å². The van der Waals surface area contributed by atoms with Crippen molar-refractivity contribution in [3.8, 4) is 5.75 Å². The summed E-state index contributed by atoms with van der Waals surface area (Å²) in [7, 11) is -2.25. The molecular weight excluding hydrogens is 592 g/mol. The number of nitrogens with zero attached hydrogens (tertiary/aromatic N) is 2. The first-order valence-electron chi connectivity index (χ1n) is 13.6. The highest BCUT2D eigenvalue weighted by molar-refractivity contribution is 7.91. The summed E-state index contributed by atoms with van der Waals surface area (Å²) in [5, 5.41) is 15.4. The number of amides is 1. The Labute approximate surface area is 254 Å². The first-order chi connectivity index (χ1) is 20.6. The number of carboxylic acids is 1. The van der Waals surface area contributed by atoms with Crippen molar-refractivity contribution in [2.24, 2.45) is 5.92 Å². The zero-order valence-corrected chi connectivity index (χ0v) is 25.1. The van der Waals surface area contributed by atoms with Crippen molar-refractivity contribution in [1.82, 2.24) is 9.88 Å². The standard InChI is InChI=1S/C31H31ClN4O6S/c1-3-43(40,41)26-7-5-4-6-22(26)28-23(31(38)39)13-15-36(28)30(37)27(19-8-11-24(32)25(17-19)42-2)35-20-9-10-21-18(16-20)12-14-34-29(21)33/h4-12,14,16-17,23,27-28,35H,3,13,15H2,1-2H3,(H2,33,34)(H,38,39)/t23-,27?,28-/m0/s1. The molecule has 224 valence electrons. The summed E-state index contributed by atoms with van der Waals surface area (Å²) in [6.45, 7) is 1.64. The van der Waals surface area contributed by atoms with Crippen LogP contribution in [-0.4, -0.2) is 54.7 Å². The Kier molecular flexibility index (Phi) is 8.48. The highest BCUT2D eigenvalue weighted by Crippen LogP contribution is 2.42. The van der Waals surface area contributed by atoms with Crippen molar-refractivity contribution in [3.05, 3.63) is 89.1 Å². The lowest BCUT2D eigenvalue weighted by Gasteiger charge is -2.32. The molecule has 4 N–H and O–H groups in total. The first kappa shape index (κ1) is 30.1. The van der Waals surface area contributed by atoms with Gasteiger partial charge in [0.15, 0.2) is 9.84 Å². The van der Waals surface area contributed by atoms with Crippen LogP contribution in [0.4, 0.5) is 11.5 Å². The summed E-state index contributed by atoms with van der Waals surface area (Å²) in [6.07, 6.45) is 1.75. The Balaban J connectivity index is 1.62. The van der Waals surface area contributed by atoms with Crippen molar-refractivity contribution < 1.29 is 27.9 Å². The van der Waals surface area contributed by atoms with Gasteiger partial charge in [0.2, 0.25) is 5.91 Å². The molecule has 0 spiro atoms. The van der Waals surface area contributed by atoms with Crippen LogP contribution in [0.3, 0.4) is 0 Å². The Morgan fingerprint density at radius 1 is 1.16 bits per heavy atom. The fraction of sp³-hybridized carbons (Fsp3) is 0.258. The van der Waals surface area contributed by atoms with Gasteiger partial charge in [0.25, 0.3) is 0 Å². The molecule has 1 aliphatic rings. The zero-order chi connectivity index (χ0) is 30.9. The number of nitrogens with two attached hydrogens (primary N) is 1. The predicted molar refractivity (Wildman–Crippen MR) is 165 cm³/mol. The molecule has 1 unspecified atom stereocenters. The number of sulfone groups is 1. The molecule has 3 atom stereocenters. The second kappa shape index (κ2) is 12.1. The van der Waals surface area contributed by atoms with Gasteiger partial charge in [-0.3, -0.25) is 9.59 Å². The van der Waals surface area contributed by atoms with Gasteiger partial charge in [0, 0.05) is 23.8 Å². The number of aromatic nitrogens is 1. The molecule has 5 rings (SSSR count). The van der Waals surface area contributed by atoms with E-state index >= 15 is 0 Å². The lowest BCUT2D eigenvalue weighted by atomic mass is 9.93. The van der Waals surface area contributed by atoms with E-state index in [9.17, 15) is 23.1 Å². The van der Waals surface area contributed by atoms with E-state index in [0.29, 0.717) is 27.8 Å². The summed E-state index contributed by atoms with van der Waals surface area (Å²) >= 11 is 6.30. The number of hydrogen-bond acceptors (Lipinski definition) is 8. The van der Waals surface area contributed by atoms with Gasteiger partial charge in [0.05, 0.1) is 34.7 Å². The number of anilines is 2. The van der Waals surface area contributed by atoms with E-state index in [1.54, 1.807) is 60.8 Å². The van der Waals surface area contributed by atoms with Gasteiger partial charge in [-0.15, -0.1) is 0 Å². The Morgan fingerprint density at radius 2 is 1.93 bits per heavy atom. The molecule has 3 aromatic carbocycles. The van der Waals surface area contributed by atoms with E-state index in [0.717, 1.165) is 10.8 Å². The van der Waals surface area contributed by atoms with E-state index < -0.39 is 39.7 Å².